The van der Waals surface area contributed by atoms with Crippen LogP contribution in [-0.4, -0.2) is 25.8 Å². The number of pyridine rings is 1. The Morgan fingerprint density at radius 2 is 1.95 bits per heavy atom. The van der Waals surface area contributed by atoms with E-state index in [9.17, 15) is 9.90 Å². The van der Waals surface area contributed by atoms with Crippen molar-refractivity contribution in [2.45, 2.75) is 31.7 Å². The van der Waals surface area contributed by atoms with Gasteiger partial charge >= 0.3 is 5.97 Å². The highest BCUT2D eigenvalue weighted by Gasteiger charge is 2.23. The maximum absolute atomic E-state index is 11.4. The smallest absolute Gasteiger partial charge is 0.339 e. The summed E-state index contributed by atoms with van der Waals surface area (Å²) in [5, 5.41) is 13.8. The van der Waals surface area contributed by atoms with E-state index in [2.05, 4.69) is 10.1 Å². The van der Waals surface area contributed by atoms with E-state index in [1.54, 1.807) is 30.7 Å². The predicted octanol–water partition coefficient (Wildman–Crippen LogP) is 2.76. The van der Waals surface area contributed by atoms with Gasteiger partial charge in [-0.25, -0.2) is 4.79 Å². The van der Waals surface area contributed by atoms with Crippen LogP contribution in [-0.2, 0) is 0 Å². The van der Waals surface area contributed by atoms with Gasteiger partial charge in [-0.15, -0.1) is 0 Å². The lowest BCUT2D eigenvalue weighted by Crippen LogP contribution is -2.05. The molecule has 0 atom stereocenters. The van der Waals surface area contributed by atoms with E-state index in [-0.39, 0.29) is 5.56 Å². The van der Waals surface area contributed by atoms with E-state index in [0.717, 1.165) is 18.4 Å². The molecule has 0 aromatic carbocycles. The Morgan fingerprint density at radius 1 is 1.26 bits per heavy atom. The minimum Gasteiger partial charge on any atom is -0.478 e. The van der Waals surface area contributed by atoms with Crippen LogP contribution in [0.25, 0.3) is 11.3 Å². The molecule has 1 fully saturated rings. The minimum absolute atomic E-state index is 0.262. The molecule has 5 nitrogen and oxygen atoms in total. The molecule has 98 valence electrons. The Morgan fingerprint density at radius 3 is 2.58 bits per heavy atom. The predicted molar refractivity (Wildman–Crippen MR) is 69.9 cm³/mol. The summed E-state index contributed by atoms with van der Waals surface area (Å²) in [6.07, 6.45) is 9.50. The number of nitrogens with zero attached hydrogens (tertiary/aromatic N) is 3. The Balaban J connectivity index is 2.05. The zero-order valence-electron chi connectivity index (χ0n) is 10.5. The first-order chi connectivity index (χ1) is 9.25. The third-order valence-electron chi connectivity index (χ3n) is 3.61. The maximum Gasteiger partial charge on any atom is 0.339 e. The molecule has 0 bridgehead atoms. The van der Waals surface area contributed by atoms with Crippen molar-refractivity contribution in [2.75, 3.05) is 0 Å². The van der Waals surface area contributed by atoms with E-state index >= 15 is 0 Å². The van der Waals surface area contributed by atoms with Crippen LogP contribution in [0.3, 0.4) is 0 Å². The van der Waals surface area contributed by atoms with E-state index in [0.29, 0.717) is 11.7 Å². The number of aromatic nitrogens is 3. The molecule has 0 amide bonds. The van der Waals surface area contributed by atoms with Crippen molar-refractivity contribution >= 4 is 5.97 Å². The van der Waals surface area contributed by atoms with E-state index in [4.69, 9.17) is 0 Å². The van der Waals surface area contributed by atoms with Crippen molar-refractivity contribution in [1.29, 1.82) is 0 Å². The van der Waals surface area contributed by atoms with Crippen molar-refractivity contribution in [1.82, 2.24) is 14.8 Å². The van der Waals surface area contributed by atoms with Gasteiger partial charge in [-0.05, 0) is 25.0 Å². The van der Waals surface area contributed by atoms with Gasteiger partial charge in [0.15, 0.2) is 0 Å². The lowest BCUT2D eigenvalue weighted by atomic mass is 10.1. The molecule has 1 aliphatic rings. The van der Waals surface area contributed by atoms with Crippen molar-refractivity contribution in [3.05, 3.63) is 36.3 Å². The number of hydrogen-bond acceptors (Lipinski definition) is 3. The topological polar surface area (TPSA) is 68.0 Å². The van der Waals surface area contributed by atoms with Gasteiger partial charge in [-0.2, -0.15) is 5.10 Å². The second-order valence-corrected chi connectivity index (χ2v) is 4.85. The molecule has 0 unspecified atom stereocenters. The monoisotopic (exact) mass is 257 g/mol. The molecule has 2 aromatic heterocycles. The van der Waals surface area contributed by atoms with Crippen LogP contribution in [0.4, 0.5) is 0 Å². The van der Waals surface area contributed by atoms with Gasteiger partial charge in [0.25, 0.3) is 0 Å². The summed E-state index contributed by atoms with van der Waals surface area (Å²) >= 11 is 0. The summed E-state index contributed by atoms with van der Waals surface area (Å²) in [7, 11) is 0. The summed E-state index contributed by atoms with van der Waals surface area (Å²) in [5.41, 5.74) is 1.59. The Bertz CT molecular complexity index is 586. The summed E-state index contributed by atoms with van der Waals surface area (Å²) in [5.74, 6) is -0.934. The van der Waals surface area contributed by atoms with Gasteiger partial charge in [0, 0.05) is 24.2 Å². The second-order valence-electron chi connectivity index (χ2n) is 4.85. The Hall–Kier alpha value is -2.17. The number of rotatable bonds is 3. The molecule has 1 N–H and O–H groups in total. The molecule has 0 saturated heterocycles. The SMILES string of the molecule is O=C(O)c1cn(C2CCCC2)nc1-c1ccncc1. The van der Waals surface area contributed by atoms with Crippen LogP contribution in [0, 0.1) is 0 Å². The number of aromatic carboxylic acids is 1. The quantitative estimate of drug-likeness (QED) is 0.918. The van der Waals surface area contributed by atoms with Crippen molar-refractivity contribution in [3.8, 4) is 11.3 Å². The fourth-order valence-electron chi connectivity index (χ4n) is 2.63. The summed E-state index contributed by atoms with van der Waals surface area (Å²) < 4.78 is 1.83. The molecule has 1 aliphatic carbocycles. The first-order valence-electron chi connectivity index (χ1n) is 6.48. The third-order valence-corrected chi connectivity index (χ3v) is 3.61. The van der Waals surface area contributed by atoms with Crippen LogP contribution in [0.2, 0.25) is 0 Å². The molecular weight excluding hydrogens is 242 g/mol. The van der Waals surface area contributed by atoms with Gasteiger partial charge < -0.3 is 5.11 Å². The van der Waals surface area contributed by atoms with Gasteiger partial charge in [0.2, 0.25) is 0 Å². The first kappa shape index (κ1) is 11.9. The zero-order valence-corrected chi connectivity index (χ0v) is 10.5. The lowest BCUT2D eigenvalue weighted by Gasteiger charge is -2.08. The third kappa shape index (κ3) is 2.23. The van der Waals surface area contributed by atoms with Gasteiger partial charge in [0.1, 0.15) is 11.3 Å². The number of carboxylic acid groups (broad SMARTS) is 1. The highest BCUT2D eigenvalue weighted by Crippen LogP contribution is 2.31. The highest BCUT2D eigenvalue weighted by molar-refractivity contribution is 5.94. The largest absolute Gasteiger partial charge is 0.478 e. The highest BCUT2D eigenvalue weighted by atomic mass is 16.4. The molecule has 0 radical (unpaired) electrons. The Labute approximate surface area is 110 Å². The molecule has 3 rings (SSSR count). The maximum atomic E-state index is 11.4. The van der Waals surface area contributed by atoms with Crippen molar-refractivity contribution < 1.29 is 9.90 Å². The van der Waals surface area contributed by atoms with Crippen LogP contribution < -0.4 is 0 Å². The zero-order chi connectivity index (χ0) is 13.2. The molecule has 5 heteroatoms. The van der Waals surface area contributed by atoms with Crippen LogP contribution in [0.5, 0.6) is 0 Å². The lowest BCUT2D eigenvalue weighted by molar-refractivity contribution is 0.0697. The van der Waals surface area contributed by atoms with Gasteiger partial charge in [-0.3, -0.25) is 9.67 Å². The van der Waals surface area contributed by atoms with E-state index in [1.165, 1.54) is 12.8 Å². The van der Waals surface area contributed by atoms with Crippen molar-refractivity contribution in [2.24, 2.45) is 0 Å². The van der Waals surface area contributed by atoms with Gasteiger partial charge in [-0.1, -0.05) is 12.8 Å². The molecule has 0 spiro atoms. The number of hydrogen-bond donors (Lipinski definition) is 1. The molecule has 0 aliphatic heterocycles. The standard InChI is InChI=1S/C14H15N3O2/c18-14(19)12-9-17(11-3-1-2-4-11)16-13(12)10-5-7-15-8-6-10/h5-9,11H,1-4H2,(H,18,19). The van der Waals surface area contributed by atoms with Crippen LogP contribution >= 0.6 is 0 Å². The molecular formula is C14H15N3O2. The molecule has 1 saturated carbocycles. The Kier molecular flexibility index (Phi) is 3.03. The fraction of sp³-hybridized carbons (Fsp3) is 0.357. The summed E-state index contributed by atoms with van der Waals surface area (Å²) in [4.78, 5) is 15.3. The normalized spacial score (nSPS) is 15.8. The molecule has 2 heterocycles. The summed E-state index contributed by atoms with van der Waals surface area (Å²) in [6.45, 7) is 0. The number of carboxylic acids is 1. The molecule has 2 aromatic rings. The minimum atomic E-state index is -0.934. The average molecular weight is 257 g/mol. The van der Waals surface area contributed by atoms with Gasteiger partial charge in [0.05, 0.1) is 6.04 Å². The van der Waals surface area contributed by atoms with Crippen LogP contribution in [0.1, 0.15) is 42.1 Å². The average Bonchev–Trinajstić information content (AvgIpc) is 3.08. The second kappa shape index (κ2) is 4.84. The summed E-state index contributed by atoms with van der Waals surface area (Å²) in [6, 6.07) is 3.91. The first-order valence-corrected chi connectivity index (χ1v) is 6.48. The number of carbonyl (C=O) groups is 1. The van der Waals surface area contributed by atoms with E-state index in [1.807, 2.05) is 4.68 Å². The molecule has 19 heavy (non-hydrogen) atoms. The van der Waals surface area contributed by atoms with Crippen LogP contribution in [0.15, 0.2) is 30.7 Å². The van der Waals surface area contributed by atoms with E-state index < -0.39 is 5.97 Å². The fourth-order valence-corrected chi connectivity index (χ4v) is 2.63. The van der Waals surface area contributed by atoms with Crippen molar-refractivity contribution in [3.63, 3.8) is 0 Å².